The van der Waals surface area contributed by atoms with Crippen LogP contribution in [0.25, 0.3) is 34.6 Å². The Kier molecular flexibility index (Phi) is 3.27. The van der Waals surface area contributed by atoms with Crippen molar-refractivity contribution < 1.29 is 4.52 Å². The van der Waals surface area contributed by atoms with E-state index in [-0.39, 0.29) is 5.56 Å². The molecule has 0 radical (unpaired) electrons. The highest BCUT2D eigenvalue weighted by Gasteiger charge is 2.23. The Morgan fingerprint density at radius 2 is 1.89 bits per heavy atom. The van der Waals surface area contributed by atoms with Gasteiger partial charge < -0.3 is 9.42 Å². The zero-order valence-electron chi connectivity index (χ0n) is 14.8. The van der Waals surface area contributed by atoms with E-state index in [4.69, 9.17) is 4.52 Å². The van der Waals surface area contributed by atoms with Gasteiger partial charge in [-0.15, -0.1) is 0 Å². The maximum Gasteiger partial charge on any atom is 0.290 e. The largest absolute Gasteiger partial charge is 0.357 e. The first-order chi connectivity index (χ1) is 13.1. The molecule has 1 aliphatic rings. The van der Waals surface area contributed by atoms with Crippen LogP contribution in [0, 0.1) is 0 Å². The van der Waals surface area contributed by atoms with Crippen molar-refractivity contribution in [1.82, 2.24) is 24.5 Å². The molecule has 5 rings (SSSR count). The minimum absolute atomic E-state index is 0.0729. The van der Waals surface area contributed by atoms with Crippen molar-refractivity contribution in [2.45, 2.75) is 0 Å². The molecule has 27 heavy (non-hydrogen) atoms. The third kappa shape index (κ3) is 2.30. The van der Waals surface area contributed by atoms with Gasteiger partial charge in [-0.1, -0.05) is 11.2 Å². The van der Waals surface area contributed by atoms with Crippen LogP contribution in [0.3, 0.4) is 0 Å². The fourth-order valence-corrected chi connectivity index (χ4v) is 3.45. The average Bonchev–Trinajstić information content (AvgIpc) is 3.25. The molecule has 0 fully saturated rings. The lowest BCUT2D eigenvalue weighted by molar-refractivity contribution is 0.393. The molecule has 4 heterocycles. The number of aromatic nitrogens is 5. The second-order valence-electron chi connectivity index (χ2n) is 6.44. The monoisotopic (exact) mass is 360 g/mol. The normalized spacial score (nSPS) is 13.3. The lowest BCUT2D eigenvalue weighted by Crippen LogP contribution is -2.35. The molecule has 0 saturated carbocycles. The Morgan fingerprint density at radius 1 is 1.07 bits per heavy atom. The van der Waals surface area contributed by atoms with Crippen LogP contribution in [-0.2, 0) is 14.1 Å². The number of anilines is 1. The zero-order valence-corrected chi connectivity index (χ0v) is 14.8. The number of hydrogen-bond acceptors (Lipinski definition) is 6. The van der Waals surface area contributed by atoms with Gasteiger partial charge in [-0.25, -0.2) is 0 Å². The molecule has 0 saturated heterocycles. The fraction of sp³-hybridized carbons (Fsp3) is 0.158. The highest BCUT2D eigenvalue weighted by Crippen LogP contribution is 2.30. The Balaban J connectivity index is 1.75. The van der Waals surface area contributed by atoms with Gasteiger partial charge in [0.15, 0.2) is 5.42 Å². The molecule has 0 N–H and O–H groups in total. The quantitative estimate of drug-likeness (QED) is 0.513. The van der Waals surface area contributed by atoms with Crippen LogP contribution in [0.1, 0.15) is 0 Å². The van der Waals surface area contributed by atoms with E-state index in [9.17, 15) is 4.79 Å². The summed E-state index contributed by atoms with van der Waals surface area (Å²) in [4.78, 5) is 23.6. The summed E-state index contributed by atoms with van der Waals surface area (Å²) in [6.07, 6.45) is 8.80. The van der Waals surface area contributed by atoms with E-state index in [1.54, 1.807) is 30.3 Å². The molecule has 3 aromatic heterocycles. The number of fused-ring (bicyclic) bond motifs is 2. The van der Waals surface area contributed by atoms with Crippen LogP contribution in [0.4, 0.5) is 5.69 Å². The molecular formula is C19H16N6O2. The summed E-state index contributed by atoms with van der Waals surface area (Å²) >= 11 is 0. The van der Waals surface area contributed by atoms with Crippen LogP contribution in [0.15, 0.2) is 46.1 Å². The maximum atomic E-state index is 13.0. The first kappa shape index (κ1) is 15.6. The summed E-state index contributed by atoms with van der Waals surface area (Å²) < 4.78 is 8.65. The second-order valence-corrected chi connectivity index (χ2v) is 6.44. The Labute approximate surface area is 153 Å². The Morgan fingerprint density at radius 3 is 2.74 bits per heavy atom. The molecule has 0 unspecified atom stereocenters. The highest BCUT2D eigenvalue weighted by atomic mass is 16.5. The topological polar surface area (TPSA) is 82.0 Å². The molecule has 1 aliphatic heterocycles. The molecule has 0 amide bonds. The molecule has 134 valence electrons. The van der Waals surface area contributed by atoms with Crippen molar-refractivity contribution in [2.24, 2.45) is 14.1 Å². The maximum absolute atomic E-state index is 13.0. The third-order valence-corrected chi connectivity index (χ3v) is 4.92. The molecule has 1 aromatic carbocycles. The van der Waals surface area contributed by atoms with Gasteiger partial charge in [0.2, 0.25) is 0 Å². The van der Waals surface area contributed by atoms with Gasteiger partial charge in [-0.2, -0.15) is 0 Å². The number of benzene rings is 1. The van der Waals surface area contributed by atoms with Crippen molar-refractivity contribution in [3.05, 3.63) is 57.8 Å². The van der Waals surface area contributed by atoms with Gasteiger partial charge >= 0.3 is 0 Å². The van der Waals surface area contributed by atoms with Crippen molar-refractivity contribution in [3.8, 4) is 11.3 Å². The summed E-state index contributed by atoms with van der Waals surface area (Å²) in [5.74, 6) is 0. The van der Waals surface area contributed by atoms with E-state index >= 15 is 0 Å². The smallest absolute Gasteiger partial charge is 0.290 e. The van der Waals surface area contributed by atoms with E-state index in [1.165, 1.54) is 0 Å². The lowest BCUT2D eigenvalue weighted by atomic mass is 10.1. The fourth-order valence-electron chi connectivity index (χ4n) is 3.45. The molecule has 0 atom stereocenters. The summed E-state index contributed by atoms with van der Waals surface area (Å²) in [7, 11) is 3.63. The first-order valence-corrected chi connectivity index (χ1v) is 8.50. The van der Waals surface area contributed by atoms with E-state index < -0.39 is 0 Å². The molecule has 0 bridgehead atoms. The Hall–Kier alpha value is -3.68. The van der Waals surface area contributed by atoms with E-state index in [0.717, 1.165) is 32.9 Å². The van der Waals surface area contributed by atoms with Gasteiger partial charge in [0.05, 0.1) is 28.1 Å². The van der Waals surface area contributed by atoms with Gasteiger partial charge in [0, 0.05) is 44.8 Å². The second kappa shape index (κ2) is 5.66. The van der Waals surface area contributed by atoms with Crippen LogP contribution in [0.2, 0.25) is 0 Å². The SMILES string of the molecule is Cn1c(-c2ccc3nccnc3c2)c(N2C=c3cnoc3=CC2)c(=O)n1C. The van der Waals surface area contributed by atoms with Crippen LogP contribution in [0.5, 0.6) is 0 Å². The van der Waals surface area contributed by atoms with Crippen molar-refractivity contribution in [3.63, 3.8) is 0 Å². The van der Waals surface area contributed by atoms with E-state index in [1.807, 2.05) is 47.1 Å². The summed E-state index contributed by atoms with van der Waals surface area (Å²) in [5.41, 5.74) is 4.58. The summed E-state index contributed by atoms with van der Waals surface area (Å²) in [6, 6.07) is 5.84. The third-order valence-electron chi connectivity index (χ3n) is 4.92. The molecule has 8 heteroatoms. The molecule has 4 aromatic rings. The van der Waals surface area contributed by atoms with Crippen LogP contribution in [-0.4, -0.2) is 31.0 Å². The van der Waals surface area contributed by atoms with E-state index in [2.05, 4.69) is 15.1 Å². The van der Waals surface area contributed by atoms with Crippen LogP contribution < -0.4 is 21.1 Å². The lowest BCUT2D eigenvalue weighted by Gasteiger charge is -2.19. The van der Waals surface area contributed by atoms with Gasteiger partial charge in [-0.05, 0) is 18.2 Å². The standard InChI is InChI=1S/C19H16N6O2/c1-23-17(12-3-4-14-15(9-12)21-7-6-20-14)18(19(26)24(23)2)25-8-5-16-13(11-25)10-22-27-16/h3-7,9-11H,8H2,1-2H3. The van der Waals surface area contributed by atoms with Crippen molar-refractivity contribution in [2.75, 3.05) is 11.4 Å². The molecule has 0 spiro atoms. The number of nitrogens with zero attached hydrogens (tertiary/aromatic N) is 6. The van der Waals surface area contributed by atoms with E-state index in [0.29, 0.717) is 12.2 Å². The highest BCUT2D eigenvalue weighted by molar-refractivity contribution is 5.86. The van der Waals surface area contributed by atoms with Gasteiger partial charge in [0.25, 0.3) is 5.56 Å². The molecular weight excluding hydrogens is 344 g/mol. The molecule has 8 nitrogen and oxygen atoms in total. The van der Waals surface area contributed by atoms with Gasteiger partial charge in [0.1, 0.15) is 5.69 Å². The first-order valence-electron chi connectivity index (χ1n) is 8.50. The Bertz CT molecular complexity index is 1360. The minimum Gasteiger partial charge on any atom is -0.357 e. The summed E-state index contributed by atoms with van der Waals surface area (Å²) in [6.45, 7) is 0.530. The van der Waals surface area contributed by atoms with Crippen molar-refractivity contribution in [1.29, 1.82) is 0 Å². The van der Waals surface area contributed by atoms with Gasteiger partial charge in [-0.3, -0.25) is 24.1 Å². The predicted octanol–water partition coefficient (Wildman–Crippen LogP) is 0.361. The number of rotatable bonds is 2. The minimum atomic E-state index is -0.0729. The zero-order chi connectivity index (χ0) is 18.5. The predicted molar refractivity (Wildman–Crippen MR) is 101 cm³/mol. The average molecular weight is 360 g/mol. The summed E-state index contributed by atoms with van der Waals surface area (Å²) in [5, 5.41) is 4.67. The number of hydrogen-bond donors (Lipinski definition) is 0. The van der Waals surface area contributed by atoms with Crippen molar-refractivity contribution >= 4 is 29.0 Å². The molecule has 0 aliphatic carbocycles. The van der Waals surface area contributed by atoms with Crippen LogP contribution >= 0.6 is 0 Å².